The van der Waals surface area contributed by atoms with Crippen LogP contribution in [0.25, 0.3) is 0 Å². The lowest BCUT2D eigenvalue weighted by molar-refractivity contribution is 0.407. The molecule has 0 aliphatic carbocycles. The Balaban J connectivity index is 2.61. The molecule has 1 N–H and O–H groups in total. The molecule has 1 atom stereocenters. The molecule has 0 radical (unpaired) electrons. The maximum absolute atomic E-state index is 5.25. The maximum Gasteiger partial charge on any atom is 0.123 e. The highest BCUT2D eigenvalue weighted by molar-refractivity contribution is 5.33. The van der Waals surface area contributed by atoms with Crippen LogP contribution in [0.2, 0.25) is 0 Å². The lowest BCUT2D eigenvalue weighted by Gasteiger charge is -2.11. The Morgan fingerprint density at radius 1 is 1.50 bits per heavy atom. The fourth-order valence-electron chi connectivity index (χ4n) is 1.20. The first-order valence-corrected chi connectivity index (χ1v) is 4.75. The van der Waals surface area contributed by atoms with Crippen LogP contribution < -0.4 is 10.1 Å². The van der Waals surface area contributed by atoms with Gasteiger partial charge in [0, 0.05) is 18.2 Å². The van der Waals surface area contributed by atoms with E-state index in [4.69, 9.17) is 4.74 Å². The first-order valence-electron chi connectivity index (χ1n) is 4.75. The zero-order valence-corrected chi connectivity index (χ0v) is 8.79. The quantitative estimate of drug-likeness (QED) is 0.721. The molecule has 1 unspecified atom stereocenters. The molecule has 0 aliphatic rings. The second-order valence-electron chi connectivity index (χ2n) is 3.22. The van der Waals surface area contributed by atoms with Gasteiger partial charge in [-0.3, -0.25) is 0 Å². The van der Waals surface area contributed by atoms with Crippen LogP contribution in [0.5, 0.6) is 5.75 Å². The summed E-state index contributed by atoms with van der Waals surface area (Å²) in [7, 11) is 1.69. The molecule has 0 aromatic heterocycles. The van der Waals surface area contributed by atoms with Crippen molar-refractivity contribution in [1.82, 2.24) is 5.32 Å². The second-order valence-corrected chi connectivity index (χ2v) is 3.22. The number of rotatable bonds is 5. The van der Waals surface area contributed by atoms with Crippen molar-refractivity contribution in [3.63, 3.8) is 0 Å². The van der Waals surface area contributed by atoms with Crippen LogP contribution in [0.15, 0.2) is 36.9 Å². The molecule has 0 bridgehead atoms. The third kappa shape index (κ3) is 2.89. The minimum atomic E-state index is 0.319. The van der Waals surface area contributed by atoms with Crippen LogP contribution >= 0.6 is 0 Å². The zero-order chi connectivity index (χ0) is 10.4. The smallest absolute Gasteiger partial charge is 0.123 e. The predicted octanol–water partition coefficient (Wildman–Crippen LogP) is 2.36. The van der Waals surface area contributed by atoms with E-state index in [1.54, 1.807) is 7.11 Å². The van der Waals surface area contributed by atoms with Crippen LogP contribution in [-0.2, 0) is 6.54 Å². The van der Waals surface area contributed by atoms with Crippen LogP contribution in [-0.4, -0.2) is 13.2 Å². The number of nitrogens with one attached hydrogen (secondary N) is 1. The minimum Gasteiger partial charge on any atom is -0.496 e. The van der Waals surface area contributed by atoms with Crippen molar-refractivity contribution < 1.29 is 4.74 Å². The molecule has 1 aromatic rings. The van der Waals surface area contributed by atoms with Gasteiger partial charge in [-0.25, -0.2) is 0 Å². The number of para-hydroxylation sites is 1. The minimum absolute atomic E-state index is 0.319. The Labute approximate surface area is 85.6 Å². The van der Waals surface area contributed by atoms with Crippen molar-refractivity contribution in [2.75, 3.05) is 7.11 Å². The van der Waals surface area contributed by atoms with Gasteiger partial charge in [0.2, 0.25) is 0 Å². The highest BCUT2D eigenvalue weighted by Crippen LogP contribution is 2.16. The summed E-state index contributed by atoms with van der Waals surface area (Å²) in [4.78, 5) is 0. The van der Waals surface area contributed by atoms with E-state index in [-0.39, 0.29) is 0 Å². The molecule has 0 amide bonds. The lowest BCUT2D eigenvalue weighted by Crippen LogP contribution is -2.23. The van der Waals surface area contributed by atoms with Crippen LogP contribution in [0.3, 0.4) is 0 Å². The highest BCUT2D eigenvalue weighted by atomic mass is 16.5. The average Bonchev–Trinajstić information content (AvgIpc) is 2.26. The second kappa shape index (κ2) is 5.45. The van der Waals surface area contributed by atoms with E-state index in [2.05, 4.69) is 24.9 Å². The molecule has 14 heavy (non-hydrogen) atoms. The molecule has 1 rings (SSSR count). The van der Waals surface area contributed by atoms with Crippen LogP contribution in [0.1, 0.15) is 12.5 Å². The molecular weight excluding hydrogens is 174 g/mol. The number of methoxy groups -OCH3 is 1. The third-order valence-corrected chi connectivity index (χ3v) is 2.16. The largest absolute Gasteiger partial charge is 0.496 e. The normalized spacial score (nSPS) is 12.1. The molecule has 0 spiro atoms. The lowest BCUT2D eigenvalue weighted by atomic mass is 10.2. The van der Waals surface area contributed by atoms with Gasteiger partial charge in [-0.1, -0.05) is 24.3 Å². The van der Waals surface area contributed by atoms with Crippen LogP contribution in [0.4, 0.5) is 0 Å². The van der Waals surface area contributed by atoms with Crippen LogP contribution in [0, 0.1) is 0 Å². The van der Waals surface area contributed by atoms with Gasteiger partial charge in [-0.15, -0.1) is 6.58 Å². The summed E-state index contributed by atoms with van der Waals surface area (Å²) >= 11 is 0. The van der Waals surface area contributed by atoms with E-state index in [9.17, 15) is 0 Å². The molecule has 2 nitrogen and oxygen atoms in total. The number of benzene rings is 1. The number of ether oxygens (including phenoxy) is 1. The van der Waals surface area contributed by atoms with Gasteiger partial charge in [0.15, 0.2) is 0 Å². The van der Waals surface area contributed by atoms with Gasteiger partial charge in [0.1, 0.15) is 5.75 Å². The summed E-state index contributed by atoms with van der Waals surface area (Å²) in [6.07, 6.45) is 1.88. The summed E-state index contributed by atoms with van der Waals surface area (Å²) in [6, 6.07) is 8.33. The molecule has 0 heterocycles. The van der Waals surface area contributed by atoms with Crippen molar-refractivity contribution in [3.05, 3.63) is 42.5 Å². The maximum atomic E-state index is 5.25. The summed E-state index contributed by atoms with van der Waals surface area (Å²) in [5.74, 6) is 0.927. The molecular formula is C12H17NO. The number of hydrogen-bond acceptors (Lipinski definition) is 2. The van der Waals surface area contributed by atoms with Crippen molar-refractivity contribution >= 4 is 0 Å². The topological polar surface area (TPSA) is 21.3 Å². The monoisotopic (exact) mass is 191 g/mol. The average molecular weight is 191 g/mol. The summed E-state index contributed by atoms with van der Waals surface area (Å²) in [5.41, 5.74) is 1.17. The van der Waals surface area contributed by atoms with Gasteiger partial charge in [-0.05, 0) is 13.0 Å². The van der Waals surface area contributed by atoms with Gasteiger partial charge in [-0.2, -0.15) is 0 Å². The Hall–Kier alpha value is -1.28. The Morgan fingerprint density at radius 2 is 2.21 bits per heavy atom. The first-order chi connectivity index (χ1) is 6.77. The summed E-state index contributed by atoms with van der Waals surface area (Å²) in [5, 5.41) is 3.33. The van der Waals surface area contributed by atoms with Crippen molar-refractivity contribution in [3.8, 4) is 5.75 Å². The fourth-order valence-corrected chi connectivity index (χ4v) is 1.20. The summed E-state index contributed by atoms with van der Waals surface area (Å²) in [6.45, 7) is 6.60. The molecule has 0 saturated carbocycles. The molecule has 0 fully saturated rings. The van der Waals surface area contributed by atoms with Crippen molar-refractivity contribution in [1.29, 1.82) is 0 Å². The van der Waals surface area contributed by atoms with Gasteiger partial charge in [0.25, 0.3) is 0 Å². The first kappa shape index (κ1) is 10.8. The molecule has 0 saturated heterocycles. The zero-order valence-electron chi connectivity index (χ0n) is 8.79. The van der Waals surface area contributed by atoms with E-state index in [0.29, 0.717) is 6.04 Å². The highest BCUT2D eigenvalue weighted by Gasteiger charge is 2.01. The Morgan fingerprint density at radius 3 is 2.86 bits per heavy atom. The van der Waals surface area contributed by atoms with E-state index < -0.39 is 0 Å². The van der Waals surface area contributed by atoms with Gasteiger partial charge < -0.3 is 10.1 Å². The Kier molecular flexibility index (Phi) is 4.20. The van der Waals surface area contributed by atoms with Gasteiger partial charge in [0.05, 0.1) is 7.11 Å². The van der Waals surface area contributed by atoms with E-state index in [0.717, 1.165) is 12.3 Å². The van der Waals surface area contributed by atoms with E-state index in [1.165, 1.54) is 5.56 Å². The SMILES string of the molecule is C=CC(C)NCc1ccccc1OC. The van der Waals surface area contributed by atoms with Crippen molar-refractivity contribution in [2.24, 2.45) is 0 Å². The van der Waals surface area contributed by atoms with Gasteiger partial charge >= 0.3 is 0 Å². The third-order valence-electron chi connectivity index (χ3n) is 2.16. The molecule has 1 aromatic carbocycles. The fraction of sp³-hybridized carbons (Fsp3) is 0.333. The van der Waals surface area contributed by atoms with Crippen molar-refractivity contribution in [2.45, 2.75) is 19.5 Å². The standard InChI is InChI=1S/C12H17NO/c1-4-10(2)13-9-11-7-5-6-8-12(11)14-3/h4-8,10,13H,1,9H2,2-3H3. The summed E-state index contributed by atoms with van der Waals surface area (Å²) < 4.78 is 5.25. The van der Waals surface area contributed by atoms with E-state index >= 15 is 0 Å². The molecule has 76 valence electrons. The Bertz CT molecular complexity index is 296. The predicted molar refractivity (Wildman–Crippen MR) is 59.5 cm³/mol. The molecule has 2 heteroatoms. The molecule has 0 aliphatic heterocycles. The number of hydrogen-bond donors (Lipinski definition) is 1. The van der Waals surface area contributed by atoms with E-state index in [1.807, 2.05) is 24.3 Å².